The average molecular weight is 320 g/mol. The molecule has 0 aliphatic carbocycles. The Balaban J connectivity index is 0.00000200. The fraction of sp³-hybridized carbons (Fsp3) is 0.538. The number of rotatable bonds is 4. The first kappa shape index (κ1) is 17.4. The summed E-state index contributed by atoms with van der Waals surface area (Å²) < 4.78 is 25.4. The third-order valence-electron chi connectivity index (χ3n) is 3.39. The van der Waals surface area contributed by atoms with E-state index in [4.69, 9.17) is 5.73 Å². The van der Waals surface area contributed by atoms with Crippen LogP contribution in [0.2, 0.25) is 0 Å². The number of halogens is 1. The lowest BCUT2D eigenvalue weighted by molar-refractivity contribution is 0.326. The van der Waals surface area contributed by atoms with Gasteiger partial charge in [-0.25, -0.2) is 12.7 Å². The molecule has 20 heavy (non-hydrogen) atoms. The maximum atomic E-state index is 12.1. The summed E-state index contributed by atoms with van der Waals surface area (Å²) in [5.41, 5.74) is 6.88. The van der Waals surface area contributed by atoms with E-state index in [1.54, 1.807) is 32.3 Å². The van der Waals surface area contributed by atoms with Crippen molar-refractivity contribution in [2.45, 2.75) is 23.9 Å². The molecule has 1 saturated heterocycles. The monoisotopic (exact) mass is 319 g/mol. The second-order valence-electron chi connectivity index (χ2n) is 5.22. The van der Waals surface area contributed by atoms with Crippen LogP contribution in [0.4, 0.5) is 0 Å². The van der Waals surface area contributed by atoms with Gasteiger partial charge in [0.1, 0.15) is 0 Å². The minimum Gasteiger partial charge on any atom is -0.326 e. The molecule has 1 aliphatic rings. The molecule has 0 amide bonds. The summed E-state index contributed by atoms with van der Waals surface area (Å²) in [6, 6.07) is 7.38. The van der Waals surface area contributed by atoms with Crippen molar-refractivity contribution in [1.29, 1.82) is 0 Å². The van der Waals surface area contributed by atoms with Gasteiger partial charge in [0.2, 0.25) is 10.0 Å². The molecule has 1 aromatic rings. The Morgan fingerprint density at radius 3 is 2.65 bits per heavy atom. The van der Waals surface area contributed by atoms with E-state index in [0.717, 1.165) is 31.6 Å². The first-order valence-electron chi connectivity index (χ1n) is 6.39. The zero-order valence-electron chi connectivity index (χ0n) is 11.8. The number of benzene rings is 1. The van der Waals surface area contributed by atoms with Crippen LogP contribution in [0.5, 0.6) is 0 Å². The predicted octanol–water partition coefficient (Wildman–Crippen LogP) is 0.892. The molecule has 0 radical (unpaired) electrons. The number of nitrogens with two attached hydrogens (primary N) is 1. The summed E-state index contributed by atoms with van der Waals surface area (Å²) in [5.74, 6) is 0. The number of likely N-dealkylation sites (tertiary alicyclic amines) is 1. The molecule has 5 nitrogen and oxygen atoms in total. The van der Waals surface area contributed by atoms with Crippen molar-refractivity contribution in [2.75, 3.05) is 27.2 Å². The Bertz CT molecular complexity index is 548. The third kappa shape index (κ3) is 3.93. The van der Waals surface area contributed by atoms with Gasteiger partial charge >= 0.3 is 0 Å². The zero-order valence-corrected chi connectivity index (χ0v) is 13.5. The number of hydrogen-bond acceptors (Lipinski definition) is 4. The van der Waals surface area contributed by atoms with Crippen LogP contribution in [-0.4, -0.2) is 50.8 Å². The van der Waals surface area contributed by atoms with Gasteiger partial charge in [0, 0.05) is 39.8 Å². The van der Waals surface area contributed by atoms with Gasteiger partial charge in [-0.05, 0) is 24.1 Å². The molecular weight excluding hydrogens is 298 g/mol. The van der Waals surface area contributed by atoms with Gasteiger partial charge in [-0.1, -0.05) is 12.1 Å². The van der Waals surface area contributed by atoms with Crippen LogP contribution in [0.1, 0.15) is 12.0 Å². The van der Waals surface area contributed by atoms with E-state index in [1.807, 2.05) is 6.07 Å². The minimum atomic E-state index is -3.35. The van der Waals surface area contributed by atoms with E-state index in [1.165, 1.54) is 4.31 Å². The maximum Gasteiger partial charge on any atom is 0.242 e. The lowest BCUT2D eigenvalue weighted by atomic mass is 10.2. The molecule has 1 unspecified atom stereocenters. The molecule has 114 valence electrons. The van der Waals surface area contributed by atoms with Crippen molar-refractivity contribution >= 4 is 22.4 Å². The lowest BCUT2D eigenvalue weighted by Crippen LogP contribution is -2.26. The number of sulfonamides is 1. The molecule has 0 aromatic heterocycles. The second kappa shape index (κ2) is 6.87. The Morgan fingerprint density at radius 1 is 1.40 bits per heavy atom. The van der Waals surface area contributed by atoms with Crippen molar-refractivity contribution in [1.82, 2.24) is 9.21 Å². The van der Waals surface area contributed by atoms with E-state index in [0.29, 0.717) is 4.90 Å². The van der Waals surface area contributed by atoms with Gasteiger partial charge in [-0.3, -0.25) is 4.90 Å². The summed E-state index contributed by atoms with van der Waals surface area (Å²) in [4.78, 5) is 2.60. The normalized spacial score (nSPS) is 20.1. The van der Waals surface area contributed by atoms with E-state index in [2.05, 4.69) is 4.90 Å². The Hall–Kier alpha value is -0.660. The van der Waals surface area contributed by atoms with Gasteiger partial charge in [0.05, 0.1) is 4.90 Å². The van der Waals surface area contributed by atoms with Crippen molar-refractivity contribution in [2.24, 2.45) is 5.73 Å². The smallest absolute Gasteiger partial charge is 0.242 e. The molecule has 1 atom stereocenters. The summed E-state index contributed by atoms with van der Waals surface area (Å²) in [7, 11) is -0.267. The summed E-state index contributed by atoms with van der Waals surface area (Å²) in [5, 5.41) is 0. The van der Waals surface area contributed by atoms with Crippen molar-refractivity contribution in [3.05, 3.63) is 29.8 Å². The molecule has 0 saturated carbocycles. The predicted molar refractivity (Wildman–Crippen MR) is 82.4 cm³/mol. The maximum absolute atomic E-state index is 12.1. The highest BCUT2D eigenvalue weighted by Crippen LogP contribution is 2.17. The molecule has 0 spiro atoms. The van der Waals surface area contributed by atoms with Gasteiger partial charge in [-0.15, -0.1) is 12.4 Å². The molecule has 1 heterocycles. The summed E-state index contributed by atoms with van der Waals surface area (Å²) >= 11 is 0. The molecule has 7 heteroatoms. The quantitative estimate of drug-likeness (QED) is 0.895. The Kier molecular flexibility index (Phi) is 5.97. The first-order valence-corrected chi connectivity index (χ1v) is 7.83. The molecule has 1 fully saturated rings. The van der Waals surface area contributed by atoms with Crippen LogP contribution in [0.3, 0.4) is 0 Å². The van der Waals surface area contributed by atoms with E-state index in [-0.39, 0.29) is 18.4 Å². The van der Waals surface area contributed by atoms with Crippen LogP contribution in [0.15, 0.2) is 29.2 Å². The highest BCUT2D eigenvalue weighted by molar-refractivity contribution is 7.89. The van der Waals surface area contributed by atoms with E-state index >= 15 is 0 Å². The lowest BCUT2D eigenvalue weighted by Gasteiger charge is -2.16. The molecule has 0 bridgehead atoms. The highest BCUT2D eigenvalue weighted by atomic mass is 35.5. The molecule has 1 aromatic carbocycles. The molecular formula is C13H22ClN3O2S. The number of nitrogens with zero attached hydrogens (tertiary/aromatic N) is 2. The van der Waals surface area contributed by atoms with Crippen molar-refractivity contribution in [3.63, 3.8) is 0 Å². The fourth-order valence-electron chi connectivity index (χ4n) is 2.28. The molecule has 2 rings (SSSR count). The highest BCUT2D eigenvalue weighted by Gasteiger charge is 2.20. The van der Waals surface area contributed by atoms with Crippen molar-refractivity contribution < 1.29 is 8.42 Å². The van der Waals surface area contributed by atoms with Crippen LogP contribution >= 0.6 is 12.4 Å². The van der Waals surface area contributed by atoms with Crippen LogP contribution in [-0.2, 0) is 16.6 Å². The SMILES string of the molecule is CN(C)S(=O)(=O)c1cccc(CN2CCC(N)C2)c1.Cl. The topological polar surface area (TPSA) is 66.6 Å². The molecule has 2 N–H and O–H groups in total. The second-order valence-corrected chi connectivity index (χ2v) is 7.37. The van der Waals surface area contributed by atoms with Gasteiger partial charge in [0.15, 0.2) is 0 Å². The first-order chi connectivity index (χ1) is 8.89. The minimum absolute atomic E-state index is 0. The van der Waals surface area contributed by atoms with Crippen LogP contribution < -0.4 is 5.73 Å². The summed E-state index contributed by atoms with van der Waals surface area (Å²) in [6.07, 6.45) is 1.01. The standard InChI is InChI=1S/C13H21N3O2S.ClH/c1-15(2)19(17,18)13-5-3-4-11(8-13)9-16-7-6-12(14)10-16;/h3-5,8,12H,6-7,9-10,14H2,1-2H3;1H. The van der Waals surface area contributed by atoms with Gasteiger partial charge in [-0.2, -0.15) is 0 Å². The van der Waals surface area contributed by atoms with Gasteiger partial charge < -0.3 is 5.73 Å². The Morgan fingerprint density at radius 2 is 2.10 bits per heavy atom. The summed E-state index contributed by atoms with van der Waals surface area (Å²) in [6.45, 7) is 2.61. The van der Waals surface area contributed by atoms with Crippen LogP contribution in [0.25, 0.3) is 0 Å². The zero-order chi connectivity index (χ0) is 14.0. The Labute approximate surface area is 127 Å². The molecule has 1 aliphatic heterocycles. The third-order valence-corrected chi connectivity index (χ3v) is 5.20. The average Bonchev–Trinajstić information content (AvgIpc) is 2.75. The fourth-order valence-corrected chi connectivity index (χ4v) is 3.25. The largest absolute Gasteiger partial charge is 0.326 e. The van der Waals surface area contributed by atoms with E-state index < -0.39 is 10.0 Å². The van der Waals surface area contributed by atoms with Crippen molar-refractivity contribution in [3.8, 4) is 0 Å². The number of hydrogen-bond donors (Lipinski definition) is 1. The van der Waals surface area contributed by atoms with Gasteiger partial charge in [0.25, 0.3) is 0 Å². The van der Waals surface area contributed by atoms with E-state index in [9.17, 15) is 8.42 Å². The van der Waals surface area contributed by atoms with Crippen LogP contribution in [0, 0.1) is 0 Å².